The van der Waals surface area contributed by atoms with Gasteiger partial charge in [-0.25, -0.2) is 4.39 Å². The molecule has 1 aliphatic heterocycles. The fourth-order valence-electron chi connectivity index (χ4n) is 2.64. The number of benzene rings is 1. The minimum Gasteiger partial charge on any atom is -0.493 e. The van der Waals surface area contributed by atoms with E-state index in [0.717, 1.165) is 18.5 Å². The van der Waals surface area contributed by atoms with Crippen LogP contribution >= 0.6 is 0 Å². The molecule has 0 bridgehead atoms. The van der Waals surface area contributed by atoms with E-state index in [1.54, 1.807) is 6.07 Å². The quantitative estimate of drug-likeness (QED) is 0.872. The summed E-state index contributed by atoms with van der Waals surface area (Å²) < 4.78 is 18.8. The van der Waals surface area contributed by atoms with Gasteiger partial charge in [-0.05, 0) is 32.0 Å². The van der Waals surface area contributed by atoms with Crippen molar-refractivity contribution < 1.29 is 9.13 Å². The molecule has 2 rings (SSSR count). The molecule has 1 fully saturated rings. The summed E-state index contributed by atoms with van der Waals surface area (Å²) in [4.78, 5) is 2.22. The summed E-state index contributed by atoms with van der Waals surface area (Å²) in [5.41, 5.74) is 6.63. The van der Waals surface area contributed by atoms with Gasteiger partial charge >= 0.3 is 0 Å². The first-order chi connectivity index (χ1) is 8.17. The molecule has 0 saturated carbocycles. The highest BCUT2D eigenvalue weighted by Crippen LogP contribution is 2.38. The number of rotatable bonds is 3. The lowest BCUT2D eigenvalue weighted by molar-refractivity contribution is 0.298. The zero-order valence-electron chi connectivity index (χ0n) is 10.3. The average molecular weight is 238 g/mol. The normalized spacial score (nSPS) is 25.2. The van der Waals surface area contributed by atoms with E-state index in [9.17, 15) is 4.39 Å². The second-order valence-electron chi connectivity index (χ2n) is 4.66. The number of para-hydroxylation sites is 1. The van der Waals surface area contributed by atoms with Crippen molar-refractivity contribution in [3.05, 3.63) is 29.6 Å². The number of nitrogens with zero attached hydrogens (tertiary/aromatic N) is 1. The lowest BCUT2D eigenvalue weighted by Gasteiger charge is -2.21. The Morgan fingerprint density at radius 3 is 2.88 bits per heavy atom. The summed E-state index contributed by atoms with van der Waals surface area (Å²) in [6.45, 7) is 1.64. The van der Waals surface area contributed by atoms with Gasteiger partial charge in [-0.1, -0.05) is 12.1 Å². The fraction of sp³-hybridized carbons (Fsp3) is 0.538. The molecule has 17 heavy (non-hydrogen) atoms. The largest absolute Gasteiger partial charge is 0.493 e. The Balaban J connectivity index is 2.31. The van der Waals surface area contributed by atoms with Gasteiger partial charge in [-0.15, -0.1) is 0 Å². The van der Waals surface area contributed by atoms with E-state index >= 15 is 0 Å². The summed E-state index contributed by atoms with van der Waals surface area (Å²) in [6, 6.07) is 5.30. The maximum absolute atomic E-state index is 13.6. The Kier molecular flexibility index (Phi) is 3.64. The van der Waals surface area contributed by atoms with Crippen molar-refractivity contribution in [2.45, 2.75) is 12.5 Å². The Morgan fingerprint density at radius 2 is 2.29 bits per heavy atom. The van der Waals surface area contributed by atoms with Gasteiger partial charge < -0.3 is 10.5 Å². The Labute approximate surface area is 101 Å². The van der Waals surface area contributed by atoms with Gasteiger partial charge in [0.1, 0.15) is 0 Å². The van der Waals surface area contributed by atoms with Gasteiger partial charge in [0.05, 0.1) is 7.11 Å². The second kappa shape index (κ2) is 5.02. The molecule has 0 amide bonds. The van der Waals surface area contributed by atoms with Crippen molar-refractivity contribution in [3.8, 4) is 5.75 Å². The Bertz CT molecular complexity index is 397. The number of nitrogens with two attached hydrogens (primary N) is 1. The number of hydrogen-bond donors (Lipinski definition) is 1. The minimum atomic E-state index is -0.297. The third-order valence-electron chi connectivity index (χ3n) is 3.53. The van der Waals surface area contributed by atoms with E-state index in [1.165, 1.54) is 13.2 Å². The van der Waals surface area contributed by atoms with Gasteiger partial charge in [0.15, 0.2) is 11.6 Å². The fourth-order valence-corrected chi connectivity index (χ4v) is 2.64. The summed E-state index contributed by atoms with van der Waals surface area (Å²) in [6.07, 6.45) is 0.965. The first-order valence-corrected chi connectivity index (χ1v) is 5.90. The first kappa shape index (κ1) is 12.3. The lowest BCUT2D eigenvalue weighted by atomic mass is 9.99. The molecule has 1 heterocycles. The Morgan fingerprint density at radius 1 is 1.53 bits per heavy atom. The van der Waals surface area contributed by atoms with E-state index in [-0.39, 0.29) is 11.9 Å². The van der Waals surface area contributed by atoms with Crippen molar-refractivity contribution in [3.63, 3.8) is 0 Å². The molecule has 94 valence electrons. The lowest BCUT2D eigenvalue weighted by Crippen LogP contribution is -2.21. The van der Waals surface area contributed by atoms with Crippen LogP contribution in [0.5, 0.6) is 5.75 Å². The summed E-state index contributed by atoms with van der Waals surface area (Å²) >= 11 is 0. The number of likely N-dealkylation sites (tertiary alicyclic amines) is 1. The summed E-state index contributed by atoms with van der Waals surface area (Å²) in [5, 5.41) is 0. The third kappa shape index (κ3) is 2.28. The molecule has 0 radical (unpaired) electrons. The summed E-state index contributed by atoms with van der Waals surface area (Å²) in [7, 11) is 3.56. The van der Waals surface area contributed by atoms with Gasteiger partial charge in [0, 0.05) is 18.2 Å². The van der Waals surface area contributed by atoms with E-state index in [4.69, 9.17) is 10.5 Å². The van der Waals surface area contributed by atoms with Crippen LogP contribution in [0.25, 0.3) is 0 Å². The molecule has 4 heteroatoms. The van der Waals surface area contributed by atoms with Gasteiger partial charge in [0.2, 0.25) is 0 Å². The summed E-state index contributed by atoms with van der Waals surface area (Å²) in [5.74, 6) is 0.551. The molecule has 0 aliphatic carbocycles. The minimum absolute atomic E-state index is 0.203. The van der Waals surface area contributed by atoms with Crippen LogP contribution in [0.4, 0.5) is 4.39 Å². The van der Waals surface area contributed by atoms with E-state index < -0.39 is 0 Å². The first-order valence-electron chi connectivity index (χ1n) is 5.90. The molecule has 3 nitrogen and oxygen atoms in total. The number of ether oxygens (including phenoxy) is 1. The van der Waals surface area contributed by atoms with Crippen molar-refractivity contribution in [1.82, 2.24) is 4.90 Å². The van der Waals surface area contributed by atoms with E-state index in [1.807, 2.05) is 13.1 Å². The van der Waals surface area contributed by atoms with Crippen LogP contribution in [-0.2, 0) is 0 Å². The van der Waals surface area contributed by atoms with Crippen LogP contribution in [-0.4, -0.2) is 32.1 Å². The molecule has 0 spiro atoms. The van der Waals surface area contributed by atoms with Crippen LogP contribution in [0.15, 0.2) is 18.2 Å². The maximum Gasteiger partial charge on any atom is 0.165 e. The third-order valence-corrected chi connectivity index (χ3v) is 3.53. The standard InChI is InChI=1S/C13H19FN2O/c1-16-8-9(7-15)6-12(16)10-4-3-5-11(14)13(10)17-2/h3-5,9,12H,6-8,15H2,1-2H3. The zero-order valence-corrected chi connectivity index (χ0v) is 10.3. The monoisotopic (exact) mass is 238 g/mol. The predicted molar refractivity (Wildman–Crippen MR) is 65.5 cm³/mol. The molecule has 1 saturated heterocycles. The van der Waals surface area contributed by atoms with Crippen molar-refractivity contribution in [2.75, 3.05) is 27.2 Å². The van der Waals surface area contributed by atoms with Gasteiger partial charge in [-0.2, -0.15) is 0 Å². The SMILES string of the molecule is COc1c(F)cccc1C1CC(CN)CN1C. The predicted octanol–water partition coefficient (Wildman–Crippen LogP) is 1.79. The molecular formula is C13H19FN2O. The van der Waals surface area contributed by atoms with Crippen LogP contribution in [0, 0.1) is 11.7 Å². The smallest absolute Gasteiger partial charge is 0.165 e. The highest BCUT2D eigenvalue weighted by molar-refractivity contribution is 5.38. The van der Waals surface area contributed by atoms with Crippen LogP contribution in [0.3, 0.4) is 0 Å². The topological polar surface area (TPSA) is 38.5 Å². The van der Waals surface area contributed by atoms with Crippen molar-refractivity contribution in [1.29, 1.82) is 0 Å². The number of hydrogen-bond acceptors (Lipinski definition) is 3. The average Bonchev–Trinajstić information content (AvgIpc) is 2.70. The second-order valence-corrected chi connectivity index (χ2v) is 4.66. The van der Waals surface area contributed by atoms with Gasteiger partial charge in [-0.3, -0.25) is 4.90 Å². The van der Waals surface area contributed by atoms with Crippen molar-refractivity contribution >= 4 is 0 Å². The number of methoxy groups -OCH3 is 1. The van der Waals surface area contributed by atoms with Crippen molar-refractivity contribution in [2.24, 2.45) is 11.7 Å². The highest BCUT2D eigenvalue weighted by atomic mass is 19.1. The van der Waals surface area contributed by atoms with E-state index in [2.05, 4.69) is 4.90 Å². The molecule has 1 aromatic carbocycles. The van der Waals surface area contributed by atoms with E-state index in [0.29, 0.717) is 18.2 Å². The Hall–Kier alpha value is -1.13. The maximum atomic E-state index is 13.6. The molecular weight excluding hydrogens is 219 g/mol. The molecule has 1 aromatic rings. The van der Waals surface area contributed by atoms with Crippen LogP contribution in [0.2, 0.25) is 0 Å². The molecule has 1 aliphatic rings. The molecule has 2 unspecified atom stereocenters. The molecule has 0 aromatic heterocycles. The zero-order chi connectivity index (χ0) is 12.4. The molecule has 2 atom stereocenters. The number of halogens is 1. The highest BCUT2D eigenvalue weighted by Gasteiger charge is 2.32. The van der Waals surface area contributed by atoms with Crippen LogP contribution in [0.1, 0.15) is 18.0 Å². The molecule has 2 N–H and O–H groups in total. The van der Waals surface area contributed by atoms with Gasteiger partial charge in [0.25, 0.3) is 0 Å². The van der Waals surface area contributed by atoms with Crippen LogP contribution < -0.4 is 10.5 Å².